The van der Waals surface area contributed by atoms with Crippen molar-refractivity contribution in [3.05, 3.63) is 41.1 Å². The maximum Gasteiger partial charge on any atom is 0.113 e. The lowest BCUT2D eigenvalue weighted by Crippen LogP contribution is -3.04. The van der Waals surface area contributed by atoms with Gasteiger partial charge in [-0.3, -0.25) is 0 Å². The molecule has 30 heavy (non-hydrogen) atoms. The lowest BCUT2D eigenvalue weighted by Gasteiger charge is -2.28. The highest BCUT2D eigenvalue weighted by atomic mass is 16.5. The Morgan fingerprint density at radius 3 is 1.33 bits per heavy atom. The zero-order chi connectivity index (χ0) is 21.7. The third-order valence-electron chi connectivity index (χ3n) is 6.54. The lowest BCUT2D eigenvalue weighted by molar-refractivity contribution is -0.861. The van der Waals surface area contributed by atoms with E-state index in [1.807, 2.05) is 18.2 Å². The predicted octanol–water partition coefficient (Wildman–Crippen LogP) is 8.17. The highest BCUT2D eigenvalue weighted by Gasteiger charge is 2.14. The number of quaternary nitrogens is 1. The van der Waals surface area contributed by atoms with Gasteiger partial charge in [-0.15, -0.1) is 0 Å². The molecule has 2 unspecified atom stereocenters. The third kappa shape index (κ3) is 15.0. The Morgan fingerprint density at radius 1 is 0.600 bits per heavy atom. The van der Waals surface area contributed by atoms with E-state index >= 15 is 0 Å². The normalized spacial score (nSPS) is 13.4. The second kappa shape index (κ2) is 20.1. The number of hydroxylamine groups is 2. The fourth-order valence-corrected chi connectivity index (χ4v) is 4.54. The first kappa shape index (κ1) is 27.2. The number of nitrogens with one attached hydrogen (secondary N) is 1. The van der Waals surface area contributed by atoms with Crippen LogP contribution in [0.4, 0.5) is 0 Å². The van der Waals surface area contributed by atoms with E-state index in [1.165, 1.54) is 121 Å². The summed E-state index contributed by atoms with van der Waals surface area (Å²) in [5.74, 6) is 0. The standard InChI is InChI=1S/C28H51NO/c1-3-4-5-6-7-8-9-10-11-12-13-14-15-16-17-18-19-23-26-28(29(2)30)27-24-21-20-22-25-27/h20-22,24-25,28-29H,3-19,23,26H2,1-2H3. The Morgan fingerprint density at radius 2 is 0.967 bits per heavy atom. The summed E-state index contributed by atoms with van der Waals surface area (Å²) in [6.45, 7) is 2.29. The number of unbranched alkanes of at least 4 members (excludes halogenated alkanes) is 17. The van der Waals surface area contributed by atoms with Gasteiger partial charge in [0.2, 0.25) is 0 Å². The van der Waals surface area contributed by atoms with Gasteiger partial charge in [-0.2, -0.15) is 0 Å². The van der Waals surface area contributed by atoms with E-state index in [-0.39, 0.29) is 6.04 Å². The second-order valence-electron chi connectivity index (χ2n) is 9.37. The fourth-order valence-electron chi connectivity index (χ4n) is 4.54. The summed E-state index contributed by atoms with van der Waals surface area (Å²) in [5, 5.41) is 12.3. The summed E-state index contributed by atoms with van der Waals surface area (Å²) in [4.78, 5) is 0. The summed E-state index contributed by atoms with van der Waals surface area (Å²) < 4.78 is 0. The SMILES string of the molecule is CCCCCCCCCCCCCCCCCCCCC(c1ccccc1)[NH+](C)[O-]. The van der Waals surface area contributed by atoms with Gasteiger partial charge in [-0.05, 0) is 6.42 Å². The number of rotatable bonds is 21. The van der Waals surface area contributed by atoms with Gasteiger partial charge < -0.3 is 10.3 Å². The minimum absolute atomic E-state index is 0.104. The van der Waals surface area contributed by atoms with Gasteiger partial charge in [0, 0.05) is 12.0 Å². The van der Waals surface area contributed by atoms with Gasteiger partial charge >= 0.3 is 0 Å². The number of hydrogen-bond acceptors (Lipinski definition) is 1. The smallest absolute Gasteiger partial charge is 0.113 e. The van der Waals surface area contributed by atoms with Crippen molar-refractivity contribution in [1.82, 2.24) is 0 Å². The van der Waals surface area contributed by atoms with E-state index < -0.39 is 0 Å². The van der Waals surface area contributed by atoms with Crippen molar-refractivity contribution in [2.24, 2.45) is 0 Å². The van der Waals surface area contributed by atoms with Crippen LogP contribution in [0.1, 0.15) is 141 Å². The first-order valence-corrected chi connectivity index (χ1v) is 13.3. The van der Waals surface area contributed by atoms with E-state index in [9.17, 15) is 5.21 Å². The molecule has 0 saturated heterocycles. The molecule has 2 atom stereocenters. The van der Waals surface area contributed by atoms with Gasteiger partial charge in [0.25, 0.3) is 0 Å². The molecular formula is C28H51NO. The summed E-state index contributed by atoms with van der Waals surface area (Å²) in [6, 6.07) is 10.4. The van der Waals surface area contributed by atoms with Crippen LogP contribution in [0.25, 0.3) is 0 Å². The zero-order valence-corrected chi connectivity index (χ0v) is 20.3. The van der Waals surface area contributed by atoms with Crippen molar-refractivity contribution in [3.8, 4) is 0 Å². The van der Waals surface area contributed by atoms with Crippen molar-refractivity contribution in [3.63, 3.8) is 0 Å². The van der Waals surface area contributed by atoms with Crippen molar-refractivity contribution in [1.29, 1.82) is 0 Å². The second-order valence-corrected chi connectivity index (χ2v) is 9.37. The molecule has 0 aliphatic carbocycles. The predicted molar refractivity (Wildman–Crippen MR) is 133 cm³/mol. The van der Waals surface area contributed by atoms with Gasteiger partial charge in [0.15, 0.2) is 0 Å². The van der Waals surface area contributed by atoms with E-state index in [0.29, 0.717) is 5.06 Å². The molecular weight excluding hydrogens is 366 g/mol. The minimum Gasteiger partial charge on any atom is -0.634 e. The molecule has 1 aromatic rings. The first-order chi connectivity index (χ1) is 14.8. The number of hydrogen-bond donors (Lipinski definition) is 1. The molecule has 0 aliphatic heterocycles. The van der Waals surface area contributed by atoms with Gasteiger partial charge in [0.1, 0.15) is 6.04 Å². The van der Waals surface area contributed by atoms with Crippen LogP contribution in [-0.4, -0.2) is 7.05 Å². The largest absolute Gasteiger partial charge is 0.634 e. The average molecular weight is 418 g/mol. The monoisotopic (exact) mass is 417 g/mol. The molecule has 1 aromatic carbocycles. The van der Waals surface area contributed by atoms with Crippen LogP contribution < -0.4 is 5.06 Å². The Bertz CT molecular complexity index is 459. The minimum atomic E-state index is 0.104. The Balaban J connectivity index is 1.83. The van der Waals surface area contributed by atoms with E-state index in [4.69, 9.17) is 0 Å². The molecule has 0 saturated carbocycles. The molecule has 1 N–H and O–H groups in total. The lowest BCUT2D eigenvalue weighted by atomic mass is 9.99. The average Bonchev–Trinajstić information content (AvgIpc) is 2.76. The molecule has 0 heterocycles. The van der Waals surface area contributed by atoms with Crippen molar-refractivity contribution >= 4 is 0 Å². The molecule has 0 radical (unpaired) electrons. The van der Waals surface area contributed by atoms with Crippen LogP contribution in [0.2, 0.25) is 0 Å². The maximum atomic E-state index is 12.0. The van der Waals surface area contributed by atoms with E-state index in [0.717, 1.165) is 6.42 Å². The van der Waals surface area contributed by atoms with Crippen LogP contribution in [-0.2, 0) is 0 Å². The van der Waals surface area contributed by atoms with Crippen LogP contribution in [0, 0.1) is 5.21 Å². The molecule has 2 heteroatoms. The molecule has 0 aliphatic rings. The highest BCUT2D eigenvalue weighted by Crippen LogP contribution is 2.18. The van der Waals surface area contributed by atoms with E-state index in [1.54, 1.807) is 7.05 Å². The number of benzene rings is 1. The van der Waals surface area contributed by atoms with Crippen LogP contribution in [0.5, 0.6) is 0 Å². The molecule has 1 rings (SSSR count). The van der Waals surface area contributed by atoms with Crippen LogP contribution in [0.15, 0.2) is 30.3 Å². The zero-order valence-electron chi connectivity index (χ0n) is 20.3. The van der Waals surface area contributed by atoms with Crippen LogP contribution in [0.3, 0.4) is 0 Å². The maximum absolute atomic E-state index is 12.0. The van der Waals surface area contributed by atoms with Gasteiger partial charge in [-0.1, -0.05) is 146 Å². The Hall–Kier alpha value is -0.860. The third-order valence-corrected chi connectivity index (χ3v) is 6.54. The van der Waals surface area contributed by atoms with Crippen molar-refractivity contribution < 1.29 is 5.06 Å². The summed E-state index contributed by atoms with van der Waals surface area (Å²) >= 11 is 0. The molecule has 2 nitrogen and oxygen atoms in total. The Kier molecular flexibility index (Phi) is 18.2. The molecule has 174 valence electrons. The summed E-state index contributed by atoms with van der Waals surface area (Å²) in [7, 11) is 1.74. The molecule has 0 amide bonds. The topological polar surface area (TPSA) is 27.5 Å². The highest BCUT2D eigenvalue weighted by molar-refractivity contribution is 5.17. The fraction of sp³-hybridized carbons (Fsp3) is 0.786. The summed E-state index contributed by atoms with van der Waals surface area (Å²) in [6.07, 6.45) is 26.3. The molecule has 0 fully saturated rings. The van der Waals surface area contributed by atoms with Gasteiger partial charge in [0.05, 0.1) is 7.05 Å². The van der Waals surface area contributed by atoms with Crippen molar-refractivity contribution in [2.75, 3.05) is 7.05 Å². The van der Waals surface area contributed by atoms with Crippen molar-refractivity contribution in [2.45, 2.75) is 135 Å². The van der Waals surface area contributed by atoms with Gasteiger partial charge in [-0.25, -0.2) is 0 Å². The van der Waals surface area contributed by atoms with E-state index in [2.05, 4.69) is 19.1 Å². The molecule has 0 bridgehead atoms. The Labute approximate surface area is 188 Å². The molecule has 0 aromatic heterocycles. The molecule has 0 spiro atoms. The van der Waals surface area contributed by atoms with Crippen LogP contribution >= 0.6 is 0 Å². The summed E-state index contributed by atoms with van der Waals surface area (Å²) in [5.41, 5.74) is 1.19. The first-order valence-electron chi connectivity index (χ1n) is 13.3. The quantitative estimate of drug-likeness (QED) is 0.158.